The van der Waals surface area contributed by atoms with Crippen LogP contribution in [-0.2, 0) is 4.79 Å². The van der Waals surface area contributed by atoms with Crippen LogP contribution in [0.1, 0.15) is 46.0 Å². The van der Waals surface area contributed by atoms with E-state index >= 15 is 0 Å². The fourth-order valence-electron chi connectivity index (χ4n) is 1.01. The van der Waals surface area contributed by atoms with Gasteiger partial charge in [-0.1, -0.05) is 32.3 Å². The number of amides is 1. The highest BCUT2D eigenvalue weighted by Crippen LogP contribution is 2.01. The largest absolute Gasteiger partial charge is 0.273 e. The molecule has 0 radical (unpaired) electrons. The molecule has 0 saturated carbocycles. The predicted octanol–water partition coefficient (Wildman–Crippen LogP) is 2.63. The van der Waals surface area contributed by atoms with Gasteiger partial charge in [0, 0.05) is 12.6 Å². The molecule has 0 aliphatic carbocycles. The van der Waals surface area contributed by atoms with Gasteiger partial charge in [-0.2, -0.15) is 5.10 Å². The van der Waals surface area contributed by atoms with E-state index in [0.717, 1.165) is 12.8 Å². The minimum absolute atomic E-state index is 0.00172. The summed E-state index contributed by atoms with van der Waals surface area (Å²) < 4.78 is 0. The van der Waals surface area contributed by atoms with Crippen LogP contribution in [0.4, 0.5) is 0 Å². The molecule has 0 heterocycles. The zero-order valence-electron chi connectivity index (χ0n) is 9.12. The molecule has 0 aliphatic rings. The van der Waals surface area contributed by atoms with Crippen LogP contribution in [0.25, 0.3) is 0 Å². The first kappa shape index (κ1) is 12.9. The summed E-state index contributed by atoms with van der Waals surface area (Å²) >= 11 is 0. The molecule has 0 atom stereocenters. The molecule has 0 unspecified atom stereocenters. The SMILES string of the molecule is CC=CC=NNC(=O)CCCCCC. The molecule has 0 aliphatic heterocycles. The zero-order chi connectivity index (χ0) is 10.6. The quantitative estimate of drug-likeness (QED) is 0.379. The summed E-state index contributed by atoms with van der Waals surface area (Å²) in [5, 5.41) is 3.75. The van der Waals surface area contributed by atoms with Gasteiger partial charge in [-0.15, -0.1) is 0 Å². The summed E-state index contributed by atoms with van der Waals surface area (Å²) in [6, 6.07) is 0. The van der Waals surface area contributed by atoms with Crippen LogP contribution in [-0.4, -0.2) is 12.1 Å². The van der Waals surface area contributed by atoms with E-state index in [1.807, 2.05) is 13.0 Å². The van der Waals surface area contributed by atoms with Gasteiger partial charge in [0.05, 0.1) is 0 Å². The van der Waals surface area contributed by atoms with Gasteiger partial charge in [0.15, 0.2) is 0 Å². The van der Waals surface area contributed by atoms with Gasteiger partial charge < -0.3 is 0 Å². The van der Waals surface area contributed by atoms with Crippen molar-refractivity contribution in [3.05, 3.63) is 12.2 Å². The number of hydrazone groups is 1. The van der Waals surface area contributed by atoms with Crippen LogP contribution >= 0.6 is 0 Å². The molecule has 3 heteroatoms. The minimum Gasteiger partial charge on any atom is -0.273 e. The van der Waals surface area contributed by atoms with Crippen molar-refractivity contribution in [3.8, 4) is 0 Å². The maximum Gasteiger partial charge on any atom is 0.240 e. The zero-order valence-corrected chi connectivity index (χ0v) is 9.12. The highest BCUT2D eigenvalue weighted by Gasteiger charge is 1.97. The normalized spacial score (nSPS) is 11.3. The Morgan fingerprint density at radius 1 is 1.36 bits per heavy atom. The molecule has 0 aromatic rings. The van der Waals surface area contributed by atoms with Crippen molar-refractivity contribution in [2.45, 2.75) is 46.0 Å². The van der Waals surface area contributed by atoms with Gasteiger partial charge >= 0.3 is 0 Å². The van der Waals surface area contributed by atoms with Gasteiger partial charge in [-0.05, 0) is 19.4 Å². The smallest absolute Gasteiger partial charge is 0.240 e. The van der Waals surface area contributed by atoms with Crippen LogP contribution < -0.4 is 5.43 Å². The second kappa shape index (κ2) is 9.96. The van der Waals surface area contributed by atoms with Crippen molar-refractivity contribution in [1.82, 2.24) is 5.43 Å². The van der Waals surface area contributed by atoms with E-state index in [9.17, 15) is 4.79 Å². The fourth-order valence-corrected chi connectivity index (χ4v) is 1.01. The van der Waals surface area contributed by atoms with Gasteiger partial charge in [0.25, 0.3) is 0 Å². The molecule has 0 rings (SSSR count). The van der Waals surface area contributed by atoms with E-state index in [1.54, 1.807) is 12.3 Å². The lowest BCUT2D eigenvalue weighted by Crippen LogP contribution is -2.16. The number of unbranched alkanes of at least 4 members (excludes halogenated alkanes) is 3. The van der Waals surface area contributed by atoms with Crippen LogP contribution in [0.15, 0.2) is 17.3 Å². The molecular formula is C11H20N2O. The average Bonchev–Trinajstić information content (AvgIpc) is 2.19. The Morgan fingerprint density at radius 2 is 2.14 bits per heavy atom. The summed E-state index contributed by atoms with van der Waals surface area (Å²) in [7, 11) is 0. The molecule has 0 bridgehead atoms. The summed E-state index contributed by atoms with van der Waals surface area (Å²) in [5.74, 6) is 0.00172. The maximum atomic E-state index is 11.1. The second-order valence-electron chi connectivity index (χ2n) is 3.15. The number of carbonyl (C=O) groups is 1. The van der Waals surface area contributed by atoms with Crippen molar-refractivity contribution in [2.24, 2.45) is 5.10 Å². The lowest BCUT2D eigenvalue weighted by molar-refractivity contribution is -0.121. The van der Waals surface area contributed by atoms with Gasteiger partial charge in [-0.3, -0.25) is 4.79 Å². The van der Waals surface area contributed by atoms with Gasteiger partial charge in [-0.25, -0.2) is 5.43 Å². The van der Waals surface area contributed by atoms with E-state index < -0.39 is 0 Å². The Bertz CT molecular complexity index is 197. The Balaban J connectivity index is 3.36. The molecule has 0 spiro atoms. The number of nitrogens with one attached hydrogen (secondary N) is 1. The Hall–Kier alpha value is -1.12. The van der Waals surface area contributed by atoms with Crippen molar-refractivity contribution < 1.29 is 4.79 Å². The monoisotopic (exact) mass is 196 g/mol. The molecule has 1 N–H and O–H groups in total. The summed E-state index contributed by atoms with van der Waals surface area (Å²) in [5.41, 5.74) is 2.47. The number of rotatable bonds is 7. The van der Waals surface area contributed by atoms with Crippen LogP contribution in [0.2, 0.25) is 0 Å². The number of hydrogen-bond acceptors (Lipinski definition) is 2. The highest BCUT2D eigenvalue weighted by atomic mass is 16.2. The fraction of sp³-hybridized carbons (Fsp3) is 0.636. The Kier molecular flexibility index (Phi) is 9.17. The first-order chi connectivity index (χ1) is 6.81. The van der Waals surface area contributed by atoms with Gasteiger partial charge in [0.1, 0.15) is 0 Å². The predicted molar refractivity (Wildman–Crippen MR) is 60.2 cm³/mol. The average molecular weight is 196 g/mol. The molecule has 80 valence electrons. The van der Waals surface area contributed by atoms with E-state index in [1.165, 1.54) is 12.8 Å². The summed E-state index contributed by atoms with van der Waals surface area (Å²) in [6.45, 7) is 4.06. The van der Waals surface area contributed by atoms with Crippen LogP contribution in [0, 0.1) is 0 Å². The number of hydrogen-bond donors (Lipinski definition) is 1. The molecule has 3 nitrogen and oxygen atoms in total. The molecule has 14 heavy (non-hydrogen) atoms. The second-order valence-corrected chi connectivity index (χ2v) is 3.15. The summed E-state index contributed by atoms with van der Waals surface area (Å²) in [6.07, 6.45) is 10.3. The Labute approximate surface area is 86.3 Å². The topological polar surface area (TPSA) is 41.5 Å². The van der Waals surface area contributed by atoms with Crippen molar-refractivity contribution in [2.75, 3.05) is 0 Å². The third-order valence-electron chi connectivity index (χ3n) is 1.80. The maximum absolute atomic E-state index is 11.1. The number of allylic oxidation sites excluding steroid dienone is 2. The Morgan fingerprint density at radius 3 is 2.79 bits per heavy atom. The summed E-state index contributed by atoms with van der Waals surface area (Å²) in [4.78, 5) is 11.1. The third kappa shape index (κ3) is 8.97. The molecular weight excluding hydrogens is 176 g/mol. The lowest BCUT2D eigenvalue weighted by Gasteiger charge is -1.98. The van der Waals surface area contributed by atoms with Crippen molar-refractivity contribution >= 4 is 12.1 Å². The minimum atomic E-state index is 0.00172. The van der Waals surface area contributed by atoms with Gasteiger partial charge in [0.2, 0.25) is 5.91 Å². The first-order valence-corrected chi connectivity index (χ1v) is 5.24. The number of carbonyl (C=O) groups excluding carboxylic acids is 1. The molecule has 0 aromatic carbocycles. The highest BCUT2D eigenvalue weighted by molar-refractivity contribution is 5.78. The van der Waals surface area contributed by atoms with E-state index in [-0.39, 0.29) is 5.91 Å². The lowest BCUT2D eigenvalue weighted by atomic mass is 10.1. The number of nitrogens with zero attached hydrogens (tertiary/aromatic N) is 1. The van der Waals surface area contributed by atoms with Crippen LogP contribution in [0.3, 0.4) is 0 Å². The first-order valence-electron chi connectivity index (χ1n) is 5.24. The van der Waals surface area contributed by atoms with E-state index in [0.29, 0.717) is 6.42 Å². The molecule has 0 saturated heterocycles. The van der Waals surface area contributed by atoms with E-state index in [4.69, 9.17) is 0 Å². The molecule has 0 aromatic heterocycles. The van der Waals surface area contributed by atoms with Crippen molar-refractivity contribution in [1.29, 1.82) is 0 Å². The molecule has 1 amide bonds. The third-order valence-corrected chi connectivity index (χ3v) is 1.80. The van der Waals surface area contributed by atoms with E-state index in [2.05, 4.69) is 17.5 Å². The molecule has 0 fully saturated rings. The standard InChI is InChI=1S/C11H20N2O/c1-3-5-7-8-9-11(14)13-12-10-6-4-2/h4,6,10H,3,5,7-9H2,1-2H3,(H,13,14). The van der Waals surface area contributed by atoms with Crippen LogP contribution in [0.5, 0.6) is 0 Å². The van der Waals surface area contributed by atoms with Crippen molar-refractivity contribution in [3.63, 3.8) is 0 Å².